The predicted octanol–water partition coefficient (Wildman–Crippen LogP) is 4.58. The van der Waals surface area contributed by atoms with Gasteiger partial charge in [0.2, 0.25) is 0 Å². The molecule has 7 heteroatoms. The Morgan fingerprint density at radius 3 is 2.03 bits per heavy atom. The summed E-state index contributed by atoms with van der Waals surface area (Å²) in [6.07, 6.45) is 1.57. The Kier molecular flexibility index (Phi) is 5.28. The second-order valence-electron chi connectivity index (χ2n) is 6.98. The van der Waals surface area contributed by atoms with Gasteiger partial charge in [-0.25, -0.2) is 0 Å². The minimum absolute atomic E-state index is 0.0135. The maximum absolute atomic E-state index is 13.1. The molecule has 0 spiro atoms. The summed E-state index contributed by atoms with van der Waals surface area (Å²) in [7, 11) is 0. The molecule has 1 aliphatic heterocycles. The smallest absolute Gasteiger partial charge is 0.270 e. The number of carbonyl (C=O) groups is 2. The number of hydrogen-bond donors (Lipinski definition) is 1. The van der Waals surface area contributed by atoms with Gasteiger partial charge >= 0.3 is 0 Å². The first-order valence-corrected chi connectivity index (χ1v) is 10.1. The van der Waals surface area contributed by atoms with Crippen LogP contribution in [0.15, 0.2) is 66.2 Å². The lowest BCUT2D eigenvalue weighted by Gasteiger charge is -2.29. The Bertz CT molecular complexity index is 1170. The van der Waals surface area contributed by atoms with Crippen molar-refractivity contribution in [2.24, 2.45) is 0 Å². The van der Waals surface area contributed by atoms with Crippen LogP contribution in [0, 0.1) is 13.8 Å². The number of aryl methyl sites for hydroxylation is 2. The van der Waals surface area contributed by atoms with Crippen LogP contribution in [0.3, 0.4) is 0 Å². The SMILES string of the molecule is Cc1ccc(C)n1-c1ccc(C=C2C(=O)NC(=S)N(c3ccc(Cl)cc3)C2=O)cc1. The Morgan fingerprint density at radius 1 is 0.867 bits per heavy atom. The molecule has 1 aromatic heterocycles. The normalized spacial score (nSPS) is 15.6. The maximum Gasteiger partial charge on any atom is 0.270 e. The van der Waals surface area contributed by atoms with Gasteiger partial charge in [-0.3, -0.25) is 19.8 Å². The first kappa shape index (κ1) is 20.1. The minimum Gasteiger partial charge on any atom is -0.319 e. The zero-order valence-corrected chi connectivity index (χ0v) is 17.9. The van der Waals surface area contributed by atoms with Gasteiger partial charge in [0.05, 0.1) is 5.69 Å². The Morgan fingerprint density at radius 2 is 1.43 bits per heavy atom. The molecule has 0 radical (unpaired) electrons. The summed E-state index contributed by atoms with van der Waals surface area (Å²) >= 11 is 11.1. The highest BCUT2D eigenvalue weighted by Crippen LogP contribution is 2.24. The molecule has 1 fully saturated rings. The predicted molar refractivity (Wildman–Crippen MR) is 123 cm³/mol. The van der Waals surface area contributed by atoms with Crippen LogP contribution in [0.2, 0.25) is 5.02 Å². The monoisotopic (exact) mass is 435 g/mol. The van der Waals surface area contributed by atoms with Gasteiger partial charge in [0.15, 0.2) is 5.11 Å². The van der Waals surface area contributed by atoms with Crippen molar-refractivity contribution in [3.05, 3.63) is 88.2 Å². The zero-order valence-electron chi connectivity index (χ0n) is 16.3. The number of nitrogens with zero attached hydrogens (tertiary/aromatic N) is 2. The van der Waals surface area contributed by atoms with Crippen LogP contribution in [0.5, 0.6) is 0 Å². The molecule has 5 nitrogen and oxygen atoms in total. The Balaban J connectivity index is 1.66. The van der Waals surface area contributed by atoms with Gasteiger partial charge in [-0.05, 0) is 86.2 Å². The van der Waals surface area contributed by atoms with Gasteiger partial charge in [0.1, 0.15) is 5.57 Å². The van der Waals surface area contributed by atoms with Crippen molar-refractivity contribution in [1.29, 1.82) is 0 Å². The molecule has 30 heavy (non-hydrogen) atoms. The highest BCUT2D eigenvalue weighted by Gasteiger charge is 2.34. The summed E-state index contributed by atoms with van der Waals surface area (Å²) in [6, 6.07) is 18.5. The molecule has 2 amide bonds. The molecule has 4 rings (SSSR count). The summed E-state index contributed by atoms with van der Waals surface area (Å²) < 4.78 is 2.14. The highest BCUT2D eigenvalue weighted by atomic mass is 35.5. The maximum atomic E-state index is 13.1. The molecule has 1 aliphatic rings. The van der Waals surface area contributed by atoms with Crippen LogP contribution < -0.4 is 10.2 Å². The third-order valence-electron chi connectivity index (χ3n) is 4.92. The second-order valence-corrected chi connectivity index (χ2v) is 7.80. The summed E-state index contributed by atoms with van der Waals surface area (Å²) in [5, 5.41) is 3.17. The van der Waals surface area contributed by atoms with E-state index < -0.39 is 11.8 Å². The quantitative estimate of drug-likeness (QED) is 0.372. The van der Waals surface area contributed by atoms with E-state index >= 15 is 0 Å². The van der Waals surface area contributed by atoms with Crippen LogP contribution in [-0.2, 0) is 9.59 Å². The summed E-state index contributed by atoms with van der Waals surface area (Å²) in [5.41, 5.74) is 4.57. The van der Waals surface area contributed by atoms with Gasteiger partial charge in [0, 0.05) is 22.1 Å². The van der Waals surface area contributed by atoms with E-state index in [1.807, 2.05) is 38.1 Å². The zero-order chi connectivity index (χ0) is 21.4. The molecule has 0 unspecified atom stereocenters. The number of anilines is 1. The van der Waals surface area contributed by atoms with E-state index in [2.05, 4.69) is 22.0 Å². The highest BCUT2D eigenvalue weighted by molar-refractivity contribution is 7.80. The Hall–Kier alpha value is -3.22. The average Bonchev–Trinajstić information content (AvgIpc) is 3.05. The third-order valence-corrected chi connectivity index (χ3v) is 5.46. The number of nitrogens with one attached hydrogen (secondary N) is 1. The first-order valence-electron chi connectivity index (χ1n) is 9.27. The van der Waals surface area contributed by atoms with E-state index in [-0.39, 0.29) is 10.7 Å². The first-order chi connectivity index (χ1) is 14.3. The van der Waals surface area contributed by atoms with Gasteiger partial charge < -0.3 is 4.57 Å². The van der Waals surface area contributed by atoms with E-state index in [9.17, 15) is 9.59 Å². The van der Waals surface area contributed by atoms with Crippen molar-refractivity contribution in [3.63, 3.8) is 0 Å². The van der Waals surface area contributed by atoms with Gasteiger partial charge in [-0.1, -0.05) is 23.7 Å². The fourth-order valence-electron chi connectivity index (χ4n) is 3.44. The molecule has 0 aliphatic carbocycles. The molecule has 2 aromatic carbocycles. The number of halogens is 1. The number of hydrogen-bond acceptors (Lipinski definition) is 3. The second kappa shape index (κ2) is 7.89. The molecule has 150 valence electrons. The van der Waals surface area contributed by atoms with E-state index in [0.717, 1.165) is 22.6 Å². The van der Waals surface area contributed by atoms with E-state index in [0.29, 0.717) is 10.7 Å². The molecule has 0 bridgehead atoms. The number of aromatic nitrogens is 1. The van der Waals surface area contributed by atoms with Crippen molar-refractivity contribution < 1.29 is 9.59 Å². The number of benzene rings is 2. The molecule has 3 aromatic rings. The molecular weight excluding hydrogens is 418 g/mol. The van der Waals surface area contributed by atoms with Crippen LogP contribution in [0.4, 0.5) is 5.69 Å². The largest absolute Gasteiger partial charge is 0.319 e. The van der Waals surface area contributed by atoms with Crippen LogP contribution in [-0.4, -0.2) is 21.5 Å². The van der Waals surface area contributed by atoms with Crippen molar-refractivity contribution in [1.82, 2.24) is 9.88 Å². The van der Waals surface area contributed by atoms with E-state index in [1.54, 1.807) is 30.3 Å². The van der Waals surface area contributed by atoms with E-state index in [1.165, 1.54) is 4.90 Å². The standard InChI is InChI=1S/C23H18ClN3O2S/c1-14-3-4-15(2)26(14)18-9-5-16(6-10-18)13-20-21(28)25-23(30)27(22(20)29)19-11-7-17(24)8-12-19/h3-13H,1-2H3,(H,25,28,30). The summed E-state index contributed by atoms with van der Waals surface area (Å²) in [4.78, 5) is 26.8. The lowest BCUT2D eigenvalue weighted by molar-refractivity contribution is -0.122. The van der Waals surface area contributed by atoms with Crippen molar-refractivity contribution in [3.8, 4) is 5.69 Å². The average molecular weight is 436 g/mol. The van der Waals surface area contributed by atoms with Gasteiger partial charge in [-0.2, -0.15) is 0 Å². The molecule has 1 saturated heterocycles. The van der Waals surface area contributed by atoms with Gasteiger partial charge in [0.25, 0.3) is 11.8 Å². The number of thiocarbonyl (C=S) groups is 1. The summed E-state index contributed by atoms with van der Waals surface area (Å²) in [5.74, 6) is -0.997. The van der Waals surface area contributed by atoms with Crippen molar-refractivity contribution in [2.45, 2.75) is 13.8 Å². The molecule has 0 saturated carbocycles. The summed E-state index contributed by atoms with van der Waals surface area (Å²) in [6.45, 7) is 4.09. The fraction of sp³-hybridized carbons (Fsp3) is 0.0870. The molecule has 0 atom stereocenters. The molecule has 1 N–H and O–H groups in total. The third kappa shape index (κ3) is 3.67. The van der Waals surface area contributed by atoms with Crippen molar-refractivity contribution >= 4 is 52.5 Å². The number of rotatable bonds is 3. The van der Waals surface area contributed by atoms with E-state index in [4.69, 9.17) is 23.8 Å². The van der Waals surface area contributed by atoms with Crippen LogP contribution in [0.25, 0.3) is 11.8 Å². The molecular formula is C23H18ClN3O2S. The fourth-order valence-corrected chi connectivity index (χ4v) is 3.85. The van der Waals surface area contributed by atoms with Crippen LogP contribution in [0.1, 0.15) is 17.0 Å². The lowest BCUT2D eigenvalue weighted by Crippen LogP contribution is -2.54. The topological polar surface area (TPSA) is 54.3 Å². The Labute approximate surface area is 184 Å². The minimum atomic E-state index is -0.517. The lowest BCUT2D eigenvalue weighted by atomic mass is 10.1. The number of amides is 2. The number of carbonyl (C=O) groups excluding carboxylic acids is 2. The van der Waals surface area contributed by atoms with Crippen molar-refractivity contribution in [2.75, 3.05) is 4.90 Å². The van der Waals surface area contributed by atoms with Crippen LogP contribution >= 0.6 is 23.8 Å². The molecule has 2 heterocycles. The van der Waals surface area contributed by atoms with Gasteiger partial charge in [-0.15, -0.1) is 0 Å².